The maximum absolute atomic E-state index is 13.2. The number of nitrogens with zero attached hydrogens (tertiary/aromatic N) is 1. The molecule has 0 radical (unpaired) electrons. The summed E-state index contributed by atoms with van der Waals surface area (Å²) in [5.74, 6) is -0.286. The third kappa shape index (κ3) is 3.07. The van der Waals surface area contributed by atoms with Crippen molar-refractivity contribution in [2.45, 2.75) is 6.92 Å². The maximum Gasteiger partial charge on any atom is 0.255 e. The molecule has 1 heterocycles. The number of anilines is 1. The van der Waals surface area contributed by atoms with Gasteiger partial charge in [-0.3, -0.25) is 4.79 Å². The fourth-order valence-corrected chi connectivity index (χ4v) is 2.74. The monoisotopic (exact) mass is 346 g/mol. The van der Waals surface area contributed by atoms with Gasteiger partial charge in [-0.1, -0.05) is 18.2 Å². The lowest BCUT2D eigenvalue weighted by Crippen LogP contribution is -2.11. The van der Waals surface area contributed by atoms with E-state index in [1.807, 2.05) is 37.3 Å². The minimum absolute atomic E-state index is 0.267. The van der Waals surface area contributed by atoms with Gasteiger partial charge in [0.2, 0.25) is 5.89 Å². The van der Waals surface area contributed by atoms with Gasteiger partial charge in [-0.25, -0.2) is 9.37 Å². The molecule has 4 nitrogen and oxygen atoms in total. The first-order valence-electron chi connectivity index (χ1n) is 8.14. The molecule has 1 aromatic heterocycles. The Bertz CT molecular complexity index is 1100. The molecule has 5 heteroatoms. The lowest BCUT2D eigenvalue weighted by molar-refractivity contribution is 0.102. The summed E-state index contributed by atoms with van der Waals surface area (Å²) in [4.78, 5) is 16.7. The van der Waals surface area contributed by atoms with E-state index in [1.165, 1.54) is 18.2 Å². The average molecular weight is 346 g/mol. The van der Waals surface area contributed by atoms with E-state index in [-0.39, 0.29) is 11.5 Å². The lowest BCUT2D eigenvalue weighted by atomic mass is 10.2. The Labute approximate surface area is 149 Å². The molecule has 0 atom stereocenters. The van der Waals surface area contributed by atoms with Gasteiger partial charge in [0, 0.05) is 16.8 Å². The van der Waals surface area contributed by atoms with Crippen molar-refractivity contribution in [2.75, 3.05) is 5.32 Å². The van der Waals surface area contributed by atoms with Gasteiger partial charge in [-0.2, -0.15) is 0 Å². The van der Waals surface area contributed by atoms with Gasteiger partial charge in [-0.15, -0.1) is 0 Å². The van der Waals surface area contributed by atoms with Gasteiger partial charge < -0.3 is 9.73 Å². The fourth-order valence-electron chi connectivity index (χ4n) is 2.74. The SMILES string of the molecule is Cc1cccc2nc(-c3ccc(NC(=O)c4cccc(F)c4)cc3)oc12. The first kappa shape index (κ1) is 16.0. The number of hydrogen-bond donors (Lipinski definition) is 1. The van der Waals surface area contributed by atoms with Crippen molar-refractivity contribution in [1.82, 2.24) is 4.98 Å². The summed E-state index contributed by atoms with van der Waals surface area (Å²) in [6.45, 7) is 1.97. The van der Waals surface area contributed by atoms with E-state index < -0.39 is 5.82 Å². The number of rotatable bonds is 3. The fraction of sp³-hybridized carbons (Fsp3) is 0.0476. The van der Waals surface area contributed by atoms with E-state index in [0.717, 1.165) is 22.2 Å². The number of aromatic nitrogens is 1. The highest BCUT2D eigenvalue weighted by Gasteiger charge is 2.11. The van der Waals surface area contributed by atoms with Crippen LogP contribution >= 0.6 is 0 Å². The first-order valence-corrected chi connectivity index (χ1v) is 8.14. The van der Waals surface area contributed by atoms with Gasteiger partial charge in [0.1, 0.15) is 11.3 Å². The van der Waals surface area contributed by atoms with Crippen molar-refractivity contribution in [3.63, 3.8) is 0 Å². The summed E-state index contributed by atoms with van der Waals surface area (Å²) in [6.07, 6.45) is 0. The van der Waals surface area contributed by atoms with Crippen LogP contribution in [0.3, 0.4) is 0 Å². The van der Waals surface area contributed by atoms with Crippen LogP contribution < -0.4 is 5.32 Å². The molecular weight excluding hydrogens is 331 g/mol. The van der Waals surface area contributed by atoms with E-state index in [1.54, 1.807) is 18.2 Å². The van der Waals surface area contributed by atoms with Crippen LogP contribution in [0.2, 0.25) is 0 Å². The number of amides is 1. The molecular formula is C21H15FN2O2. The molecule has 0 unspecified atom stereocenters. The molecule has 26 heavy (non-hydrogen) atoms. The molecule has 0 aliphatic rings. The van der Waals surface area contributed by atoms with Crippen LogP contribution in [0.1, 0.15) is 15.9 Å². The largest absolute Gasteiger partial charge is 0.436 e. The quantitative estimate of drug-likeness (QED) is 0.555. The smallest absolute Gasteiger partial charge is 0.255 e. The summed E-state index contributed by atoms with van der Waals surface area (Å²) < 4.78 is 19.1. The second-order valence-corrected chi connectivity index (χ2v) is 5.98. The third-order valence-electron chi connectivity index (χ3n) is 4.09. The van der Waals surface area contributed by atoms with Crippen LogP contribution in [0.5, 0.6) is 0 Å². The Balaban J connectivity index is 1.56. The predicted octanol–water partition coefficient (Wildman–Crippen LogP) is 5.19. The molecule has 3 aromatic carbocycles. The molecule has 0 aliphatic heterocycles. The van der Waals surface area contributed by atoms with Crippen molar-refractivity contribution >= 4 is 22.7 Å². The summed E-state index contributed by atoms with van der Waals surface area (Å²) in [6, 6.07) is 18.5. The number of aryl methyl sites for hydroxylation is 1. The van der Waals surface area contributed by atoms with Gasteiger partial charge in [0.05, 0.1) is 0 Å². The average Bonchev–Trinajstić information content (AvgIpc) is 3.08. The van der Waals surface area contributed by atoms with Crippen LogP contribution in [-0.4, -0.2) is 10.9 Å². The first-order chi connectivity index (χ1) is 12.6. The molecule has 0 aliphatic carbocycles. The molecule has 1 amide bonds. The molecule has 0 bridgehead atoms. The number of oxazole rings is 1. The lowest BCUT2D eigenvalue weighted by Gasteiger charge is -2.06. The molecule has 4 aromatic rings. The summed E-state index contributed by atoms with van der Waals surface area (Å²) in [5.41, 5.74) is 4.29. The number of nitrogens with one attached hydrogen (secondary N) is 1. The van der Waals surface area contributed by atoms with Crippen molar-refractivity contribution in [1.29, 1.82) is 0 Å². The molecule has 0 saturated carbocycles. The highest BCUT2D eigenvalue weighted by atomic mass is 19.1. The molecule has 4 rings (SSSR count). The number of halogens is 1. The Morgan fingerprint density at radius 3 is 2.54 bits per heavy atom. The number of para-hydroxylation sites is 1. The number of fused-ring (bicyclic) bond motifs is 1. The van der Waals surface area contributed by atoms with E-state index in [2.05, 4.69) is 10.3 Å². The van der Waals surface area contributed by atoms with Crippen LogP contribution in [0.4, 0.5) is 10.1 Å². The van der Waals surface area contributed by atoms with Crippen molar-refractivity contribution in [3.05, 3.63) is 83.7 Å². The Hall–Kier alpha value is -3.47. The molecule has 128 valence electrons. The Kier molecular flexibility index (Phi) is 3.97. The number of carbonyl (C=O) groups excluding carboxylic acids is 1. The van der Waals surface area contributed by atoms with E-state index >= 15 is 0 Å². The highest BCUT2D eigenvalue weighted by Crippen LogP contribution is 2.27. The van der Waals surface area contributed by atoms with Crippen molar-refractivity contribution < 1.29 is 13.6 Å². The normalized spacial score (nSPS) is 10.8. The van der Waals surface area contributed by atoms with Crippen LogP contribution in [-0.2, 0) is 0 Å². The van der Waals surface area contributed by atoms with Gasteiger partial charge in [0.15, 0.2) is 5.58 Å². The number of carbonyl (C=O) groups is 1. The predicted molar refractivity (Wildman–Crippen MR) is 98.5 cm³/mol. The number of benzene rings is 3. The summed E-state index contributed by atoms with van der Waals surface area (Å²) in [7, 11) is 0. The van der Waals surface area contributed by atoms with E-state index in [0.29, 0.717) is 11.6 Å². The van der Waals surface area contributed by atoms with Crippen molar-refractivity contribution in [3.8, 4) is 11.5 Å². The maximum atomic E-state index is 13.2. The zero-order valence-electron chi connectivity index (χ0n) is 14.0. The minimum Gasteiger partial charge on any atom is -0.436 e. The second kappa shape index (κ2) is 6.44. The summed E-state index contributed by atoms with van der Waals surface area (Å²) >= 11 is 0. The summed E-state index contributed by atoms with van der Waals surface area (Å²) in [5, 5.41) is 2.74. The molecule has 0 spiro atoms. The van der Waals surface area contributed by atoms with E-state index in [9.17, 15) is 9.18 Å². The zero-order chi connectivity index (χ0) is 18.1. The zero-order valence-corrected chi connectivity index (χ0v) is 14.0. The van der Waals surface area contributed by atoms with Gasteiger partial charge >= 0.3 is 0 Å². The Morgan fingerprint density at radius 1 is 1.04 bits per heavy atom. The van der Waals surface area contributed by atoms with Crippen LogP contribution in [0.15, 0.2) is 71.1 Å². The van der Waals surface area contributed by atoms with E-state index in [4.69, 9.17) is 4.42 Å². The Morgan fingerprint density at radius 2 is 1.81 bits per heavy atom. The minimum atomic E-state index is -0.445. The molecule has 0 saturated heterocycles. The molecule has 1 N–H and O–H groups in total. The number of hydrogen-bond acceptors (Lipinski definition) is 3. The highest BCUT2D eigenvalue weighted by molar-refractivity contribution is 6.04. The van der Waals surface area contributed by atoms with Crippen molar-refractivity contribution in [2.24, 2.45) is 0 Å². The second-order valence-electron chi connectivity index (χ2n) is 5.98. The van der Waals surface area contributed by atoms with Gasteiger partial charge in [-0.05, 0) is 61.0 Å². The standard InChI is InChI=1S/C21H15FN2O2/c1-13-4-2-7-18-19(13)26-21(24-18)14-8-10-17(11-9-14)23-20(25)15-5-3-6-16(22)12-15/h2-12H,1H3,(H,23,25). The topological polar surface area (TPSA) is 55.1 Å². The van der Waals surface area contributed by atoms with Crippen LogP contribution in [0.25, 0.3) is 22.6 Å². The molecule has 0 fully saturated rings. The third-order valence-corrected chi connectivity index (χ3v) is 4.09. The van der Waals surface area contributed by atoms with Crippen LogP contribution in [0, 0.1) is 12.7 Å². The van der Waals surface area contributed by atoms with Gasteiger partial charge in [0.25, 0.3) is 5.91 Å².